The second-order valence-electron chi connectivity index (χ2n) is 6.30. The molecule has 2 atom stereocenters. The lowest BCUT2D eigenvalue weighted by molar-refractivity contribution is -0.119. The van der Waals surface area contributed by atoms with Gasteiger partial charge in [0.05, 0.1) is 0 Å². The van der Waals surface area contributed by atoms with Crippen LogP contribution in [0.15, 0.2) is 63.2 Å². The molecule has 0 aliphatic carbocycles. The third-order valence-electron chi connectivity index (χ3n) is 4.13. The third-order valence-corrected chi connectivity index (χ3v) is 4.13. The van der Waals surface area contributed by atoms with Gasteiger partial charge in [-0.2, -0.15) is 20.5 Å². The molecule has 1 aromatic carbocycles. The standard InChI is InChI=1S/C17H18N6O2/c1-11-4-5-12(20-14(24)16(2)6-8-18-22-16)10-13(11)21-15(25)17(3)7-9-19-23-17/h4-10H,1-3H3,(H,20,24)(H,21,25). The number of carbonyl (C=O) groups excluding carboxylic acids is 2. The van der Waals surface area contributed by atoms with Crippen LogP contribution in [0.2, 0.25) is 0 Å². The second-order valence-corrected chi connectivity index (χ2v) is 6.30. The fourth-order valence-electron chi connectivity index (χ4n) is 2.31. The Morgan fingerprint density at radius 1 is 0.920 bits per heavy atom. The number of aryl methyl sites for hydroxylation is 1. The number of hydrogen-bond donors (Lipinski definition) is 2. The molecule has 0 saturated carbocycles. The van der Waals surface area contributed by atoms with Crippen LogP contribution in [-0.4, -0.2) is 22.9 Å². The minimum atomic E-state index is -1.02. The lowest BCUT2D eigenvalue weighted by Gasteiger charge is -2.19. The van der Waals surface area contributed by atoms with Gasteiger partial charge in [0, 0.05) is 23.8 Å². The van der Waals surface area contributed by atoms with Gasteiger partial charge >= 0.3 is 0 Å². The fourth-order valence-corrected chi connectivity index (χ4v) is 2.31. The van der Waals surface area contributed by atoms with Gasteiger partial charge in [-0.25, -0.2) is 0 Å². The van der Waals surface area contributed by atoms with Crippen LogP contribution in [0.3, 0.4) is 0 Å². The summed E-state index contributed by atoms with van der Waals surface area (Å²) in [5.41, 5.74) is -0.0319. The molecule has 8 heteroatoms. The van der Waals surface area contributed by atoms with Crippen LogP contribution in [-0.2, 0) is 9.59 Å². The Kier molecular flexibility index (Phi) is 4.03. The summed E-state index contributed by atoms with van der Waals surface area (Å²) < 4.78 is 0. The molecule has 0 bridgehead atoms. The Bertz CT molecular complexity index is 829. The zero-order valence-electron chi connectivity index (χ0n) is 14.1. The van der Waals surface area contributed by atoms with Crippen LogP contribution in [0.1, 0.15) is 19.4 Å². The number of benzene rings is 1. The van der Waals surface area contributed by atoms with Gasteiger partial charge in [-0.3, -0.25) is 9.59 Å². The van der Waals surface area contributed by atoms with Crippen LogP contribution in [0.25, 0.3) is 0 Å². The zero-order chi connectivity index (χ0) is 18.1. The average molecular weight is 338 g/mol. The van der Waals surface area contributed by atoms with E-state index in [1.807, 2.05) is 13.0 Å². The van der Waals surface area contributed by atoms with Crippen molar-refractivity contribution in [1.29, 1.82) is 0 Å². The van der Waals surface area contributed by atoms with Gasteiger partial charge in [-0.1, -0.05) is 6.07 Å². The normalized spacial score (nSPS) is 26.2. The Morgan fingerprint density at radius 2 is 1.48 bits per heavy atom. The van der Waals surface area contributed by atoms with E-state index in [9.17, 15) is 9.59 Å². The fraction of sp³-hybridized carbons (Fsp3) is 0.294. The Labute approximate surface area is 144 Å². The molecule has 128 valence electrons. The lowest BCUT2D eigenvalue weighted by Crippen LogP contribution is -2.36. The minimum Gasteiger partial charge on any atom is -0.324 e. The molecule has 0 radical (unpaired) electrons. The summed E-state index contributed by atoms with van der Waals surface area (Å²) in [6, 6.07) is 5.27. The number of hydrogen-bond acceptors (Lipinski definition) is 6. The van der Waals surface area contributed by atoms with Gasteiger partial charge in [-0.15, -0.1) is 0 Å². The SMILES string of the molecule is Cc1ccc(NC(=O)C2(C)C=CN=N2)cc1NC(=O)C1(C)C=CN=N1. The number of anilines is 2. The highest BCUT2D eigenvalue weighted by atomic mass is 16.2. The highest BCUT2D eigenvalue weighted by Crippen LogP contribution is 2.26. The number of nitrogens with one attached hydrogen (secondary N) is 2. The summed E-state index contributed by atoms with van der Waals surface area (Å²) in [5.74, 6) is -0.596. The van der Waals surface area contributed by atoms with E-state index in [1.54, 1.807) is 38.1 Å². The van der Waals surface area contributed by atoms with Crippen molar-refractivity contribution in [2.45, 2.75) is 31.8 Å². The van der Waals surface area contributed by atoms with Crippen molar-refractivity contribution in [3.05, 3.63) is 48.3 Å². The molecule has 2 heterocycles. The topological polar surface area (TPSA) is 108 Å². The van der Waals surface area contributed by atoms with Gasteiger partial charge in [0.2, 0.25) is 0 Å². The van der Waals surface area contributed by atoms with Crippen molar-refractivity contribution in [2.75, 3.05) is 10.6 Å². The first-order valence-corrected chi connectivity index (χ1v) is 7.75. The number of nitrogens with zero attached hydrogens (tertiary/aromatic N) is 4. The van der Waals surface area contributed by atoms with E-state index in [2.05, 4.69) is 31.1 Å². The van der Waals surface area contributed by atoms with Crippen molar-refractivity contribution >= 4 is 23.2 Å². The molecule has 0 fully saturated rings. The molecule has 0 saturated heterocycles. The molecular formula is C17H18N6O2. The molecule has 3 rings (SSSR count). The highest BCUT2D eigenvalue weighted by molar-refractivity contribution is 6.02. The second kappa shape index (κ2) is 6.04. The molecule has 2 unspecified atom stereocenters. The average Bonchev–Trinajstić information content (AvgIpc) is 3.21. The summed E-state index contributed by atoms with van der Waals surface area (Å²) in [6.45, 7) is 5.21. The summed E-state index contributed by atoms with van der Waals surface area (Å²) >= 11 is 0. The van der Waals surface area contributed by atoms with E-state index in [1.165, 1.54) is 12.4 Å². The molecule has 2 N–H and O–H groups in total. The molecule has 2 aliphatic rings. The van der Waals surface area contributed by atoms with Crippen LogP contribution < -0.4 is 10.6 Å². The summed E-state index contributed by atoms with van der Waals surface area (Å²) in [6.07, 6.45) is 6.23. The van der Waals surface area contributed by atoms with Crippen molar-refractivity contribution in [1.82, 2.24) is 0 Å². The lowest BCUT2D eigenvalue weighted by atomic mass is 10.0. The van der Waals surface area contributed by atoms with Crippen molar-refractivity contribution in [3.63, 3.8) is 0 Å². The maximum absolute atomic E-state index is 12.4. The Morgan fingerprint density at radius 3 is 2.00 bits per heavy atom. The molecule has 8 nitrogen and oxygen atoms in total. The third kappa shape index (κ3) is 3.23. The van der Waals surface area contributed by atoms with E-state index < -0.39 is 11.1 Å². The summed E-state index contributed by atoms with van der Waals surface area (Å²) in [5, 5.41) is 20.9. The van der Waals surface area contributed by atoms with Gasteiger partial charge < -0.3 is 10.6 Å². The van der Waals surface area contributed by atoms with Gasteiger partial charge in [0.15, 0.2) is 11.1 Å². The number of amides is 2. The number of rotatable bonds is 4. The first-order chi connectivity index (χ1) is 11.8. The maximum atomic E-state index is 12.4. The Hall–Kier alpha value is -3.16. The van der Waals surface area contributed by atoms with E-state index in [0.29, 0.717) is 11.4 Å². The number of azo groups is 2. The van der Waals surface area contributed by atoms with Gasteiger partial charge in [0.1, 0.15) is 0 Å². The van der Waals surface area contributed by atoms with Crippen molar-refractivity contribution in [3.8, 4) is 0 Å². The minimum absolute atomic E-state index is 0.295. The quantitative estimate of drug-likeness (QED) is 0.878. The number of carbonyl (C=O) groups is 2. The molecule has 0 spiro atoms. The molecular weight excluding hydrogens is 320 g/mol. The van der Waals surface area contributed by atoms with Gasteiger partial charge in [-0.05, 0) is 50.6 Å². The first-order valence-electron chi connectivity index (χ1n) is 7.75. The van der Waals surface area contributed by atoms with Crippen LogP contribution in [0, 0.1) is 6.92 Å². The molecule has 2 amide bonds. The predicted octanol–water partition coefficient (Wildman–Crippen LogP) is 3.35. The van der Waals surface area contributed by atoms with Crippen molar-refractivity contribution < 1.29 is 9.59 Å². The first kappa shape index (κ1) is 16.7. The van der Waals surface area contributed by atoms with E-state index in [-0.39, 0.29) is 11.8 Å². The van der Waals surface area contributed by atoms with E-state index >= 15 is 0 Å². The van der Waals surface area contributed by atoms with Crippen molar-refractivity contribution in [2.24, 2.45) is 20.5 Å². The zero-order valence-corrected chi connectivity index (χ0v) is 14.1. The summed E-state index contributed by atoms with van der Waals surface area (Å²) in [4.78, 5) is 24.8. The molecule has 2 aliphatic heterocycles. The van der Waals surface area contributed by atoms with Crippen LogP contribution in [0.4, 0.5) is 11.4 Å². The molecule has 25 heavy (non-hydrogen) atoms. The Balaban J connectivity index is 1.77. The molecule has 0 aromatic heterocycles. The van der Waals surface area contributed by atoms with Gasteiger partial charge in [0.25, 0.3) is 11.8 Å². The highest BCUT2D eigenvalue weighted by Gasteiger charge is 2.34. The van der Waals surface area contributed by atoms with E-state index in [0.717, 1.165) is 5.56 Å². The monoisotopic (exact) mass is 338 g/mol. The summed E-state index contributed by atoms with van der Waals surface area (Å²) in [7, 11) is 0. The van der Waals surface area contributed by atoms with Crippen LogP contribution >= 0.6 is 0 Å². The maximum Gasteiger partial charge on any atom is 0.258 e. The smallest absolute Gasteiger partial charge is 0.258 e. The van der Waals surface area contributed by atoms with E-state index in [4.69, 9.17) is 0 Å². The molecule has 1 aromatic rings. The predicted molar refractivity (Wildman–Crippen MR) is 93.2 cm³/mol. The van der Waals surface area contributed by atoms with Crippen LogP contribution in [0.5, 0.6) is 0 Å². The largest absolute Gasteiger partial charge is 0.324 e.